The Morgan fingerprint density at radius 3 is 2.22 bits per heavy atom. The van der Waals surface area contributed by atoms with Crippen LogP contribution in [0.25, 0.3) is 0 Å². The number of Topliss-reactive ketones (excluding diaryl/α,β-unsaturated/α-hetero) is 1. The average Bonchev–Trinajstić information content (AvgIpc) is 2.98. The van der Waals surface area contributed by atoms with Gasteiger partial charge in [-0.3, -0.25) is 9.59 Å². The molecule has 7 nitrogen and oxygen atoms in total. The molecule has 0 aliphatic carbocycles. The van der Waals surface area contributed by atoms with Crippen molar-refractivity contribution in [1.29, 1.82) is 0 Å². The van der Waals surface area contributed by atoms with E-state index in [-0.39, 0.29) is 17.7 Å². The van der Waals surface area contributed by atoms with E-state index in [1.54, 1.807) is 12.4 Å². The van der Waals surface area contributed by atoms with Crippen LogP contribution in [0.3, 0.4) is 0 Å². The monoisotopic (exact) mass is 398 g/mol. The number of carbonyl (C=O) groups excluding carboxylic acids is 3. The zero-order valence-corrected chi connectivity index (χ0v) is 18.2. The average molecular weight is 399 g/mol. The van der Waals surface area contributed by atoms with Crippen molar-refractivity contribution >= 4 is 29.2 Å². The second-order valence-electron chi connectivity index (χ2n) is 7.86. The number of carbonyl (C=O) groups is 3. The Morgan fingerprint density at radius 2 is 1.81 bits per heavy atom. The van der Waals surface area contributed by atoms with E-state index in [0.717, 1.165) is 0 Å². The second-order valence-corrected chi connectivity index (χ2v) is 8.75. The van der Waals surface area contributed by atoms with Gasteiger partial charge in [-0.1, -0.05) is 13.8 Å². The van der Waals surface area contributed by atoms with Gasteiger partial charge in [0.05, 0.1) is 0 Å². The van der Waals surface area contributed by atoms with E-state index in [1.807, 2.05) is 34.6 Å². The van der Waals surface area contributed by atoms with E-state index in [2.05, 4.69) is 4.98 Å². The number of thiazole rings is 1. The van der Waals surface area contributed by atoms with Crippen LogP contribution in [0.1, 0.15) is 76.5 Å². The summed E-state index contributed by atoms with van der Waals surface area (Å²) in [5.74, 6) is -0.500. The Bertz CT molecular complexity index is 678. The molecule has 27 heavy (non-hydrogen) atoms. The van der Waals surface area contributed by atoms with Crippen LogP contribution in [0, 0.1) is 5.92 Å². The van der Waals surface area contributed by atoms with E-state index in [0.29, 0.717) is 17.1 Å². The predicted molar refractivity (Wildman–Crippen MR) is 104 cm³/mol. The Morgan fingerprint density at radius 1 is 1.22 bits per heavy atom. The zero-order valence-electron chi connectivity index (χ0n) is 17.4. The van der Waals surface area contributed by atoms with Gasteiger partial charge in [0.25, 0.3) is 0 Å². The van der Waals surface area contributed by atoms with Gasteiger partial charge in [-0.05, 0) is 26.7 Å². The van der Waals surface area contributed by atoms with Crippen LogP contribution in [0.4, 0.5) is 4.79 Å². The summed E-state index contributed by atoms with van der Waals surface area (Å²) < 4.78 is 10.9. The summed E-state index contributed by atoms with van der Waals surface area (Å²) in [6.45, 7) is 12.2. The van der Waals surface area contributed by atoms with Gasteiger partial charge >= 0.3 is 12.1 Å². The molecule has 1 aromatic rings. The molecule has 0 spiro atoms. The van der Waals surface area contributed by atoms with Crippen molar-refractivity contribution < 1.29 is 23.9 Å². The van der Waals surface area contributed by atoms with E-state index < -0.39 is 23.8 Å². The lowest BCUT2D eigenvalue weighted by Crippen LogP contribution is -2.44. The summed E-state index contributed by atoms with van der Waals surface area (Å²) in [5, 5.41) is 2.19. The maximum absolute atomic E-state index is 12.5. The van der Waals surface area contributed by atoms with Crippen LogP contribution < -0.4 is 0 Å². The fraction of sp³-hybridized carbons (Fsp3) is 0.684. The van der Waals surface area contributed by atoms with Gasteiger partial charge in [-0.15, -0.1) is 11.3 Å². The second kappa shape index (κ2) is 9.30. The Kier molecular flexibility index (Phi) is 7.95. The van der Waals surface area contributed by atoms with Gasteiger partial charge in [-0.25, -0.2) is 9.78 Å². The van der Waals surface area contributed by atoms with E-state index >= 15 is 0 Å². The highest BCUT2D eigenvalue weighted by atomic mass is 32.1. The van der Waals surface area contributed by atoms with Crippen molar-refractivity contribution in [2.24, 2.45) is 5.92 Å². The number of esters is 1. The largest absolute Gasteiger partial charge is 0.455 e. The molecule has 0 saturated carbocycles. The van der Waals surface area contributed by atoms with E-state index in [4.69, 9.17) is 9.47 Å². The van der Waals surface area contributed by atoms with Gasteiger partial charge in [0.2, 0.25) is 0 Å². The van der Waals surface area contributed by atoms with E-state index in [1.165, 1.54) is 30.1 Å². The summed E-state index contributed by atoms with van der Waals surface area (Å²) in [5.41, 5.74) is -0.262. The van der Waals surface area contributed by atoms with Crippen molar-refractivity contribution in [2.75, 3.05) is 7.05 Å². The van der Waals surface area contributed by atoms with Crippen LogP contribution in [0.2, 0.25) is 0 Å². The number of nitrogens with zero attached hydrogens (tertiary/aromatic N) is 2. The minimum absolute atomic E-state index is 0.0906. The summed E-state index contributed by atoms with van der Waals surface area (Å²) in [6, 6.07) is -0.242. The quantitative estimate of drug-likeness (QED) is 0.505. The molecule has 0 aliphatic rings. The molecule has 1 amide bonds. The number of hydrogen-bond donors (Lipinski definition) is 0. The van der Waals surface area contributed by atoms with Crippen LogP contribution >= 0.6 is 11.3 Å². The molecule has 8 heteroatoms. The number of ether oxygens (including phenoxy) is 2. The van der Waals surface area contributed by atoms with Gasteiger partial charge in [0.1, 0.15) is 16.3 Å². The minimum Gasteiger partial charge on any atom is -0.455 e. The van der Waals surface area contributed by atoms with Gasteiger partial charge in [-0.2, -0.15) is 0 Å². The van der Waals surface area contributed by atoms with Crippen molar-refractivity contribution in [3.63, 3.8) is 0 Å². The van der Waals surface area contributed by atoms with Crippen LogP contribution in [-0.4, -0.2) is 46.4 Å². The maximum atomic E-state index is 12.5. The highest BCUT2D eigenvalue weighted by Gasteiger charge is 2.32. The lowest BCUT2D eigenvalue weighted by molar-refractivity contribution is -0.147. The zero-order chi connectivity index (χ0) is 20.9. The van der Waals surface area contributed by atoms with Gasteiger partial charge in [0, 0.05) is 38.7 Å². The molecule has 0 aromatic carbocycles. The first kappa shape index (κ1) is 23.1. The molecule has 1 aromatic heterocycles. The van der Waals surface area contributed by atoms with Gasteiger partial charge < -0.3 is 14.4 Å². The number of rotatable bonds is 7. The Hall–Kier alpha value is -1.96. The Labute approximate surface area is 165 Å². The third kappa shape index (κ3) is 7.28. The minimum atomic E-state index is -0.641. The van der Waals surface area contributed by atoms with Crippen LogP contribution in [0.5, 0.6) is 0 Å². The maximum Gasteiger partial charge on any atom is 0.410 e. The van der Waals surface area contributed by atoms with Gasteiger partial charge in [0.15, 0.2) is 11.9 Å². The first-order valence-corrected chi connectivity index (χ1v) is 9.79. The first-order chi connectivity index (χ1) is 12.3. The topological polar surface area (TPSA) is 85.8 Å². The molecule has 0 aliphatic heterocycles. The first-order valence-electron chi connectivity index (χ1n) is 8.91. The number of ketones is 1. The molecular formula is C19H30N2O5S. The predicted octanol–water partition coefficient (Wildman–Crippen LogP) is 4.23. The van der Waals surface area contributed by atoms with Crippen molar-refractivity contribution in [3.05, 3.63) is 16.1 Å². The van der Waals surface area contributed by atoms with Crippen LogP contribution in [0.15, 0.2) is 5.38 Å². The summed E-state index contributed by atoms with van der Waals surface area (Å²) in [6.07, 6.45) is -0.720. The fourth-order valence-corrected chi connectivity index (χ4v) is 3.46. The molecule has 0 saturated heterocycles. The molecule has 0 N–H and O–H groups in total. The molecule has 152 valence electrons. The highest BCUT2D eigenvalue weighted by molar-refractivity contribution is 7.09. The number of hydrogen-bond acceptors (Lipinski definition) is 7. The lowest BCUT2D eigenvalue weighted by atomic mass is 9.96. The highest BCUT2D eigenvalue weighted by Crippen LogP contribution is 2.30. The molecule has 2 atom stereocenters. The standard InChI is InChI=1S/C19H30N2O5S/c1-11(2)15(21(8)18(24)26-19(5,6)7)9-16(25-13(4)23)17-20-14(10-27-17)12(3)22/h10-11,15-16H,9H2,1-8H3/t15-,16-/m1/s1. The molecule has 0 fully saturated rings. The van der Waals surface area contributed by atoms with E-state index in [9.17, 15) is 14.4 Å². The van der Waals surface area contributed by atoms with Crippen LogP contribution in [-0.2, 0) is 14.3 Å². The number of amides is 1. The number of aromatic nitrogens is 1. The third-order valence-electron chi connectivity index (χ3n) is 3.87. The SMILES string of the molecule is CC(=O)O[C@H](C[C@H](C(C)C)N(C)C(=O)OC(C)(C)C)c1nc(C(C)=O)cs1. The summed E-state index contributed by atoms with van der Waals surface area (Å²) in [4.78, 5) is 41.4. The van der Waals surface area contributed by atoms with Crippen molar-refractivity contribution in [2.45, 2.75) is 72.6 Å². The fourth-order valence-electron chi connectivity index (χ4n) is 2.56. The van der Waals surface area contributed by atoms with Crippen molar-refractivity contribution in [1.82, 2.24) is 9.88 Å². The molecule has 0 unspecified atom stereocenters. The smallest absolute Gasteiger partial charge is 0.410 e. The van der Waals surface area contributed by atoms with Crippen molar-refractivity contribution in [3.8, 4) is 0 Å². The lowest BCUT2D eigenvalue weighted by Gasteiger charge is -2.34. The third-order valence-corrected chi connectivity index (χ3v) is 4.81. The molecule has 1 heterocycles. The molecular weight excluding hydrogens is 368 g/mol. The molecule has 0 radical (unpaired) electrons. The molecule has 0 bridgehead atoms. The summed E-state index contributed by atoms with van der Waals surface area (Å²) >= 11 is 1.27. The molecule has 1 rings (SSSR count). The normalized spacial score (nSPS) is 13.8. The Balaban J connectivity index is 3.07. The summed E-state index contributed by atoms with van der Waals surface area (Å²) in [7, 11) is 1.67.